The van der Waals surface area contributed by atoms with Crippen molar-refractivity contribution in [3.63, 3.8) is 0 Å². The third-order valence-corrected chi connectivity index (χ3v) is 5.01. The summed E-state index contributed by atoms with van der Waals surface area (Å²) in [6.07, 6.45) is 2.66. The number of hydrogen-bond acceptors (Lipinski definition) is 6. The van der Waals surface area contributed by atoms with Crippen molar-refractivity contribution in [2.24, 2.45) is 5.92 Å². The lowest BCUT2D eigenvalue weighted by Crippen LogP contribution is -2.37. The Labute approximate surface area is 129 Å². The van der Waals surface area contributed by atoms with Gasteiger partial charge in [0.05, 0.1) is 18.5 Å². The van der Waals surface area contributed by atoms with Gasteiger partial charge in [-0.05, 0) is 37.1 Å². The standard InChI is InChI=1S/C15H22N4OS/c1-10(11-3-4-11)19(6-7-20-2)9-13-17-14(16)12-5-8-21-15(12)18-13/h5,8,10-11H,3-4,6-7,9H2,1-2H3,(H2,16,17,18). The van der Waals surface area contributed by atoms with Gasteiger partial charge in [0.15, 0.2) is 0 Å². The van der Waals surface area contributed by atoms with Crippen LogP contribution in [0.4, 0.5) is 5.82 Å². The summed E-state index contributed by atoms with van der Waals surface area (Å²) >= 11 is 1.61. The Kier molecular flexibility index (Phi) is 4.37. The molecule has 114 valence electrons. The van der Waals surface area contributed by atoms with Crippen molar-refractivity contribution >= 4 is 27.4 Å². The summed E-state index contributed by atoms with van der Waals surface area (Å²) in [6.45, 7) is 4.66. The Morgan fingerprint density at radius 3 is 3.00 bits per heavy atom. The molecule has 1 atom stereocenters. The maximum atomic E-state index is 6.04. The van der Waals surface area contributed by atoms with Gasteiger partial charge in [-0.2, -0.15) is 0 Å². The van der Waals surface area contributed by atoms with Gasteiger partial charge in [0.25, 0.3) is 0 Å². The summed E-state index contributed by atoms with van der Waals surface area (Å²) in [6, 6.07) is 2.53. The molecule has 21 heavy (non-hydrogen) atoms. The van der Waals surface area contributed by atoms with Crippen LogP contribution in [0, 0.1) is 5.92 Å². The van der Waals surface area contributed by atoms with Gasteiger partial charge < -0.3 is 10.5 Å². The molecule has 0 aromatic carbocycles. The predicted octanol–water partition coefficient (Wildman–Crippen LogP) is 2.52. The van der Waals surface area contributed by atoms with Gasteiger partial charge in [0, 0.05) is 19.7 Å². The van der Waals surface area contributed by atoms with Crippen molar-refractivity contribution in [3.8, 4) is 0 Å². The van der Waals surface area contributed by atoms with E-state index in [0.29, 0.717) is 11.9 Å². The van der Waals surface area contributed by atoms with E-state index < -0.39 is 0 Å². The summed E-state index contributed by atoms with van der Waals surface area (Å²) in [5.41, 5.74) is 6.04. The number of thiophene rings is 1. The fraction of sp³-hybridized carbons (Fsp3) is 0.600. The lowest BCUT2D eigenvalue weighted by Gasteiger charge is -2.28. The minimum Gasteiger partial charge on any atom is -0.383 e. The molecule has 0 spiro atoms. The van der Waals surface area contributed by atoms with E-state index in [4.69, 9.17) is 10.5 Å². The first-order valence-electron chi connectivity index (χ1n) is 7.41. The number of nitrogens with zero attached hydrogens (tertiary/aromatic N) is 3. The van der Waals surface area contributed by atoms with E-state index in [2.05, 4.69) is 21.8 Å². The van der Waals surface area contributed by atoms with Crippen LogP contribution in [-0.4, -0.2) is 41.2 Å². The number of hydrogen-bond donors (Lipinski definition) is 1. The lowest BCUT2D eigenvalue weighted by molar-refractivity contribution is 0.110. The fourth-order valence-corrected chi connectivity index (χ4v) is 3.48. The highest BCUT2D eigenvalue weighted by atomic mass is 32.1. The van der Waals surface area contributed by atoms with Crippen LogP contribution in [0.15, 0.2) is 11.4 Å². The van der Waals surface area contributed by atoms with Gasteiger partial charge in [-0.25, -0.2) is 9.97 Å². The monoisotopic (exact) mass is 306 g/mol. The molecule has 1 unspecified atom stereocenters. The van der Waals surface area contributed by atoms with Crippen LogP contribution in [0.1, 0.15) is 25.6 Å². The molecular weight excluding hydrogens is 284 g/mol. The molecule has 0 amide bonds. The van der Waals surface area contributed by atoms with E-state index >= 15 is 0 Å². The summed E-state index contributed by atoms with van der Waals surface area (Å²) in [5.74, 6) is 2.21. The second-order valence-electron chi connectivity index (χ2n) is 5.71. The zero-order chi connectivity index (χ0) is 14.8. The third-order valence-electron chi connectivity index (χ3n) is 4.21. The molecule has 5 nitrogen and oxygen atoms in total. The molecular formula is C15H22N4OS. The van der Waals surface area contributed by atoms with Gasteiger partial charge in [0.2, 0.25) is 0 Å². The number of fused-ring (bicyclic) bond motifs is 1. The topological polar surface area (TPSA) is 64.3 Å². The highest BCUT2D eigenvalue weighted by molar-refractivity contribution is 7.16. The van der Waals surface area contributed by atoms with E-state index in [-0.39, 0.29) is 0 Å². The van der Waals surface area contributed by atoms with Crippen LogP contribution in [-0.2, 0) is 11.3 Å². The van der Waals surface area contributed by atoms with E-state index in [1.165, 1.54) is 12.8 Å². The SMILES string of the molecule is COCCN(Cc1nc(N)c2ccsc2n1)C(C)C1CC1. The molecule has 6 heteroatoms. The molecule has 0 bridgehead atoms. The van der Waals surface area contributed by atoms with Crippen LogP contribution < -0.4 is 5.73 Å². The zero-order valence-electron chi connectivity index (χ0n) is 12.6. The molecule has 1 saturated carbocycles. The second kappa shape index (κ2) is 6.25. The van der Waals surface area contributed by atoms with Gasteiger partial charge in [-0.1, -0.05) is 0 Å². The van der Waals surface area contributed by atoms with Crippen LogP contribution in [0.25, 0.3) is 10.2 Å². The van der Waals surface area contributed by atoms with Crippen molar-refractivity contribution in [2.45, 2.75) is 32.4 Å². The van der Waals surface area contributed by atoms with Gasteiger partial charge >= 0.3 is 0 Å². The van der Waals surface area contributed by atoms with Crippen molar-refractivity contribution in [3.05, 3.63) is 17.3 Å². The quantitative estimate of drug-likeness (QED) is 0.851. The minimum atomic E-state index is 0.545. The molecule has 2 N–H and O–H groups in total. The van der Waals surface area contributed by atoms with Crippen molar-refractivity contribution in [1.29, 1.82) is 0 Å². The summed E-state index contributed by atoms with van der Waals surface area (Å²) in [5, 5.41) is 2.97. The highest BCUT2D eigenvalue weighted by Crippen LogP contribution is 2.35. The molecule has 0 aliphatic heterocycles. The lowest BCUT2D eigenvalue weighted by atomic mass is 10.2. The average Bonchev–Trinajstić information content (AvgIpc) is 3.21. The fourth-order valence-electron chi connectivity index (χ4n) is 2.69. The Morgan fingerprint density at radius 2 is 2.29 bits per heavy atom. The summed E-state index contributed by atoms with van der Waals surface area (Å²) < 4.78 is 5.24. The van der Waals surface area contributed by atoms with Crippen LogP contribution in [0.3, 0.4) is 0 Å². The van der Waals surface area contributed by atoms with E-state index in [9.17, 15) is 0 Å². The number of rotatable bonds is 7. The van der Waals surface area contributed by atoms with E-state index in [1.54, 1.807) is 18.4 Å². The molecule has 1 aliphatic rings. The number of anilines is 1. The number of methoxy groups -OCH3 is 1. The number of ether oxygens (including phenoxy) is 1. The van der Waals surface area contributed by atoms with E-state index in [0.717, 1.165) is 41.7 Å². The molecule has 3 rings (SSSR count). The average molecular weight is 306 g/mol. The normalized spacial score (nSPS) is 16.7. The molecule has 0 radical (unpaired) electrons. The number of nitrogens with two attached hydrogens (primary N) is 1. The van der Waals surface area contributed by atoms with Crippen molar-refractivity contribution < 1.29 is 4.74 Å². The van der Waals surface area contributed by atoms with Crippen LogP contribution in [0.5, 0.6) is 0 Å². The van der Waals surface area contributed by atoms with Crippen LogP contribution >= 0.6 is 11.3 Å². The first-order chi connectivity index (χ1) is 10.2. The molecule has 2 heterocycles. The first-order valence-corrected chi connectivity index (χ1v) is 8.29. The largest absolute Gasteiger partial charge is 0.383 e. The molecule has 2 aromatic rings. The molecule has 1 fully saturated rings. The van der Waals surface area contributed by atoms with Gasteiger partial charge in [-0.3, -0.25) is 4.90 Å². The van der Waals surface area contributed by atoms with Gasteiger partial charge in [-0.15, -0.1) is 11.3 Å². The Morgan fingerprint density at radius 1 is 1.48 bits per heavy atom. The molecule has 2 aromatic heterocycles. The summed E-state index contributed by atoms with van der Waals surface area (Å²) in [4.78, 5) is 12.5. The molecule has 1 aliphatic carbocycles. The Bertz CT molecular complexity index is 611. The molecule has 0 saturated heterocycles. The second-order valence-corrected chi connectivity index (χ2v) is 6.60. The number of aromatic nitrogens is 2. The Balaban J connectivity index is 1.78. The van der Waals surface area contributed by atoms with Crippen LogP contribution in [0.2, 0.25) is 0 Å². The minimum absolute atomic E-state index is 0.545. The Hall–Kier alpha value is -1.24. The van der Waals surface area contributed by atoms with Crippen molar-refractivity contribution in [1.82, 2.24) is 14.9 Å². The third kappa shape index (κ3) is 3.33. The smallest absolute Gasteiger partial charge is 0.146 e. The predicted molar refractivity (Wildman–Crippen MR) is 86.3 cm³/mol. The zero-order valence-corrected chi connectivity index (χ0v) is 13.4. The highest BCUT2D eigenvalue weighted by Gasteiger charge is 2.32. The van der Waals surface area contributed by atoms with E-state index in [1.807, 2.05) is 11.4 Å². The van der Waals surface area contributed by atoms with Gasteiger partial charge in [0.1, 0.15) is 16.5 Å². The summed E-state index contributed by atoms with van der Waals surface area (Å²) in [7, 11) is 1.74. The first kappa shape index (κ1) is 14.7. The number of nitrogen functional groups attached to an aromatic ring is 1. The maximum absolute atomic E-state index is 6.04. The maximum Gasteiger partial charge on any atom is 0.146 e. The van der Waals surface area contributed by atoms with Crippen molar-refractivity contribution in [2.75, 3.05) is 26.0 Å².